The molecule has 28 heavy (non-hydrogen) atoms. The van der Waals surface area contributed by atoms with Crippen molar-refractivity contribution in [3.63, 3.8) is 0 Å². The predicted octanol–water partition coefficient (Wildman–Crippen LogP) is 6.38. The van der Waals surface area contributed by atoms with Gasteiger partial charge in [0.1, 0.15) is 5.82 Å². The Morgan fingerprint density at radius 1 is 0.929 bits per heavy atom. The van der Waals surface area contributed by atoms with Gasteiger partial charge in [0.25, 0.3) is 0 Å². The molecule has 0 radical (unpaired) electrons. The van der Waals surface area contributed by atoms with Crippen molar-refractivity contribution < 1.29 is 9.13 Å². The van der Waals surface area contributed by atoms with E-state index in [1.54, 1.807) is 12.1 Å². The highest BCUT2D eigenvalue weighted by Crippen LogP contribution is 2.50. The van der Waals surface area contributed by atoms with E-state index < -0.39 is 0 Å². The minimum absolute atomic E-state index is 0.101. The van der Waals surface area contributed by atoms with Gasteiger partial charge in [0.05, 0.1) is 5.60 Å². The summed E-state index contributed by atoms with van der Waals surface area (Å²) in [5, 5.41) is 0. The Morgan fingerprint density at radius 3 is 2.50 bits per heavy atom. The van der Waals surface area contributed by atoms with E-state index in [0.29, 0.717) is 0 Å². The SMILES string of the molecule is Fc1ccc(CCCCC[C@@]2(c3ccccn3)CCOC3(CCCC3)C2)cc1. The van der Waals surface area contributed by atoms with Crippen LogP contribution >= 0.6 is 0 Å². The van der Waals surface area contributed by atoms with Gasteiger partial charge in [-0.1, -0.05) is 43.9 Å². The molecule has 3 heteroatoms. The number of aromatic nitrogens is 1. The number of ether oxygens (including phenoxy) is 1. The van der Waals surface area contributed by atoms with E-state index in [1.807, 2.05) is 24.4 Å². The maximum absolute atomic E-state index is 13.0. The summed E-state index contributed by atoms with van der Waals surface area (Å²) < 4.78 is 19.4. The molecular formula is C25H32FNO. The molecule has 4 rings (SSSR count). The average Bonchev–Trinajstić information content (AvgIpc) is 3.17. The van der Waals surface area contributed by atoms with E-state index in [-0.39, 0.29) is 16.8 Å². The molecule has 150 valence electrons. The molecule has 1 spiro atoms. The molecule has 1 aromatic carbocycles. The number of aryl methyl sites for hydroxylation is 1. The zero-order valence-corrected chi connectivity index (χ0v) is 16.8. The molecule has 1 aliphatic heterocycles. The number of unbranched alkanes of at least 4 members (excludes halogenated alkanes) is 2. The third kappa shape index (κ3) is 4.46. The fraction of sp³-hybridized carbons (Fsp3) is 0.560. The van der Waals surface area contributed by atoms with Crippen molar-refractivity contribution in [2.45, 2.75) is 81.6 Å². The van der Waals surface area contributed by atoms with Gasteiger partial charge >= 0.3 is 0 Å². The van der Waals surface area contributed by atoms with Crippen LogP contribution in [0.15, 0.2) is 48.7 Å². The lowest BCUT2D eigenvalue weighted by Crippen LogP contribution is -2.46. The second-order valence-electron chi connectivity index (χ2n) is 8.85. The summed E-state index contributed by atoms with van der Waals surface area (Å²) in [6.07, 6.45) is 15.0. The number of rotatable bonds is 7. The van der Waals surface area contributed by atoms with E-state index in [1.165, 1.54) is 56.2 Å². The number of hydrogen-bond donors (Lipinski definition) is 0. The van der Waals surface area contributed by atoms with Crippen molar-refractivity contribution in [2.24, 2.45) is 0 Å². The summed E-state index contributed by atoms with van der Waals surface area (Å²) >= 11 is 0. The summed E-state index contributed by atoms with van der Waals surface area (Å²) in [6.45, 7) is 0.867. The van der Waals surface area contributed by atoms with Gasteiger partial charge in [0, 0.05) is 23.9 Å². The van der Waals surface area contributed by atoms with Crippen LogP contribution in [0.5, 0.6) is 0 Å². The molecule has 2 aliphatic rings. The molecule has 0 bridgehead atoms. The molecule has 0 amide bonds. The summed E-state index contributed by atoms with van der Waals surface area (Å²) in [6, 6.07) is 13.3. The van der Waals surface area contributed by atoms with Gasteiger partial charge in [-0.05, 0) is 74.8 Å². The van der Waals surface area contributed by atoms with E-state index in [0.717, 1.165) is 32.3 Å². The van der Waals surface area contributed by atoms with Crippen LogP contribution in [-0.2, 0) is 16.6 Å². The maximum atomic E-state index is 13.0. The van der Waals surface area contributed by atoms with Crippen LogP contribution in [0, 0.1) is 5.82 Å². The minimum Gasteiger partial charge on any atom is -0.375 e. The van der Waals surface area contributed by atoms with Gasteiger partial charge in [0.15, 0.2) is 0 Å². The lowest BCUT2D eigenvalue weighted by Gasteiger charge is -2.46. The monoisotopic (exact) mass is 381 g/mol. The van der Waals surface area contributed by atoms with Crippen molar-refractivity contribution >= 4 is 0 Å². The molecule has 1 aromatic heterocycles. The smallest absolute Gasteiger partial charge is 0.123 e. The van der Waals surface area contributed by atoms with Gasteiger partial charge in [-0.25, -0.2) is 4.39 Å². The summed E-state index contributed by atoms with van der Waals surface area (Å²) in [5.41, 5.74) is 2.77. The molecule has 2 fully saturated rings. The quantitative estimate of drug-likeness (QED) is 0.519. The van der Waals surface area contributed by atoms with Crippen molar-refractivity contribution in [3.8, 4) is 0 Å². The Kier molecular flexibility index (Phi) is 6.10. The number of pyridine rings is 1. The van der Waals surface area contributed by atoms with E-state index in [2.05, 4.69) is 12.1 Å². The molecule has 2 aromatic rings. The van der Waals surface area contributed by atoms with Crippen LogP contribution in [0.4, 0.5) is 4.39 Å². The summed E-state index contributed by atoms with van der Waals surface area (Å²) in [5.74, 6) is -0.151. The van der Waals surface area contributed by atoms with Crippen LogP contribution in [0.2, 0.25) is 0 Å². The fourth-order valence-electron chi connectivity index (χ4n) is 5.42. The summed E-state index contributed by atoms with van der Waals surface area (Å²) in [7, 11) is 0. The molecule has 1 atom stereocenters. The van der Waals surface area contributed by atoms with Crippen LogP contribution in [-0.4, -0.2) is 17.2 Å². The van der Waals surface area contributed by atoms with Crippen molar-refractivity contribution in [2.75, 3.05) is 6.61 Å². The topological polar surface area (TPSA) is 22.1 Å². The maximum Gasteiger partial charge on any atom is 0.123 e. The van der Waals surface area contributed by atoms with Gasteiger partial charge in [-0.3, -0.25) is 4.98 Å². The average molecular weight is 382 g/mol. The lowest BCUT2D eigenvalue weighted by atomic mass is 9.67. The molecule has 1 saturated carbocycles. The lowest BCUT2D eigenvalue weighted by molar-refractivity contribution is -0.104. The zero-order chi connectivity index (χ0) is 19.3. The minimum atomic E-state index is -0.151. The molecule has 0 N–H and O–H groups in total. The molecule has 2 nitrogen and oxygen atoms in total. The Bertz CT molecular complexity index is 739. The largest absolute Gasteiger partial charge is 0.375 e. The molecule has 1 aliphatic carbocycles. The third-order valence-electron chi connectivity index (χ3n) is 6.91. The number of benzene rings is 1. The first-order valence-electron chi connectivity index (χ1n) is 11.0. The first-order valence-corrected chi connectivity index (χ1v) is 11.0. The number of halogens is 1. The zero-order valence-electron chi connectivity index (χ0n) is 16.8. The first kappa shape index (κ1) is 19.6. The normalized spacial score (nSPS) is 23.9. The van der Waals surface area contributed by atoms with Crippen LogP contribution in [0.3, 0.4) is 0 Å². The first-order chi connectivity index (χ1) is 13.7. The standard InChI is InChI=1S/C25H32FNO/c26-22-12-10-21(11-13-22)8-2-1-4-14-24(23-9-3-7-18-27-23)17-19-28-25(20-24)15-5-6-16-25/h3,7,9-13,18H,1-2,4-6,8,14-17,19-20H2/t24-/m1/s1. The highest BCUT2D eigenvalue weighted by atomic mass is 19.1. The van der Waals surface area contributed by atoms with Crippen LogP contribution in [0.25, 0.3) is 0 Å². The van der Waals surface area contributed by atoms with Gasteiger partial charge in [-0.2, -0.15) is 0 Å². The van der Waals surface area contributed by atoms with Crippen molar-refractivity contribution in [1.82, 2.24) is 4.98 Å². The van der Waals surface area contributed by atoms with Crippen LogP contribution < -0.4 is 0 Å². The third-order valence-corrected chi connectivity index (χ3v) is 6.91. The van der Waals surface area contributed by atoms with E-state index in [9.17, 15) is 4.39 Å². The Hall–Kier alpha value is -1.74. The molecule has 2 heterocycles. The highest BCUT2D eigenvalue weighted by Gasteiger charge is 2.48. The Labute approximate surface area is 168 Å². The molecular weight excluding hydrogens is 349 g/mol. The number of nitrogens with zero attached hydrogens (tertiary/aromatic N) is 1. The Balaban J connectivity index is 1.38. The van der Waals surface area contributed by atoms with Crippen molar-refractivity contribution in [3.05, 3.63) is 65.7 Å². The fourth-order valence-corrected chi connectivity index (χ4v) is 5.42. The van der Waals surface area contributed by atoms with Gasteiger partial charge < -0.3 is 4.74 Å². The molecule has 0 unspecified atom stereocenters. The highest BCUT2D eigenvalue weighted by molar-refractivity contribution is 5.20. The van der Waals surface area contributed by atoms with E-state index in [4.69, 9.17) is 9.72 Å². The molecule has 1 saturated heterocycles. The van der Waals surface area contributed by atoms with Crippen molar-refractivity contribution in [1.29, 1.82) is 0 Å². The van der Waals surface area contributed by atoms with E-state index >= 15 is 0 Å². The van der Waals surface area contributed by atoms with Gasteiger partial charge in [-0.15, -0.1) is 0 Å². The van der Waals surface area contributed by atoms with Gasteiger partial charge in [0.2, 0.25) is 0 Å². The Morgan fingerprint density at radius 2 is 1.75 bits per heavy atom. The van der Waals surface area contributed by atoms with Crippen LogP contribution in [0.1, 0.15) is 75.5 Å². The second-order valence-corrected chi connectivity index (χ2v) is 8.85. The predicted molar refractivity (Wildman–Crippen MR) is 111 cm³/mol. The second kappa shape index (κ2) is 8.73. The summed E-state index contributed by atoms with van der Waals surface area (Å²) in [4.78, 5) is 4.79. The number of hydrogen-bond acceptors (Lipinski definition) is 2.